The van der Waals surface area contributed by atoms with E-state index >= 15 is 0 Å². The smallest absolute Gasteiger partial charge is 0.134 e. The van der Waals surface area contributed by atoms with Gasteiger partial charge in [0.05, 0.1) is 5.60 Å². The normalized spacial score (nSPS) is 19.2. The van der Waals surface area contributed by atoms with Crippen LogP contribution in [-0.2, 0) is 4.74 Å². The zero-order valence-electron chi connectivity index (χ0n) is 12.8. The number of furan rings is 1. The Morgan fingerprint density at radius 1 is 1.33 bits per heavy atom. The molecule has 4 nitrogen and oxygen atoms in total. The van der Waals surface area contributed by atoms with E-state index in [0.29, 0.717) is 6.61 Å². The largest absolute Gasteiger partial charge is 0.459 e. The first kappa shape index (κ1) is 14.6. The Kier molecular flexibility index (Phi) is 4.02. The van der Waals surface area contributed by atoms with E-state index in [0.717, 1.165) is 29.6 Å². The molecule has 0 saturated heterocycles. The summed E-state index contributed by atoms with van der Waals surface area (Å²) in [6.07, 6.45) is 4.40. The molecule has 1 aromatic heterocycles. The van der Waals surface area contributed by atoms with Crippen molar-refractivity contribution >= 4 is 11.0 Å². The lowest BCUT2D eigenvalue weighted by molar-refractivity contribution is -0.0668. The number of rotatable bonds is 5. The van der Waals surface area contributed by atoms with Crippen molar-refractivity contribution < 1.29 is 9.15 Å². The highest BCUT2D eigenvalue weighted by Gasteiger charge is 2.44. The summed E-state index contributed by atoms with van der Waals surface area (Å²) in [6, 6.07) is 8.20. The van der Waals surface area contributed by atoms with Crippen LogP contribution >= 0.6 is 0 Å². The summed E-state index contributed by atoms with van der Waals surface area (Å²) in [5, 5.41) is 1.12. The highest BCUT2D eigenvalue weighted by molar-refractivity contribution is 5.78. The van der Waals surface area contributed by atoms with E-state index in [1.165, 1.54) is 18.4 Å². The summed E-state index contributed by atoms with van der Waals surface area (Å²) < 4.78 is 12.2. The average molecular weight is 288 g/mol. The minimum atomic E-state index is -0.244. The van der Waals surface area contributed by atoms with Crippen LogP contribution in [0.15, 0.2) is 28.7 Å². The molecule has 0 bridgehead atoms. The van der Waals surface area contributed by atoms with Crippen molar-refractivity contribution in [1.82, 2.24) is 5.43 Å². The second-order valence-corrected chi connectivity index (χ2v) is 5.99. The number of ether oxygens (including phenoxy) is 1. The van der Waals surface area contributed by atoms with Crippen LogP contribution in [0.1, 0.15) is 50.0 Å². The van der Waals surface area contributed by atoms with E-state index in [-0.39, 0.29) is 11.6 Å². The molecule has 2 aromatic rings. The van der Waals surface area contributed by atoms with Crippen LogP contribution in [0, 0.1) is 6.92 Å². The van der Waals surface area contributed by atoms with E-state index in [4.69, 9.17) is 15.0 Å². The topological polar surface area (TPSA) is 60.4 Å². The minimum Gasteiger partial charge on any atom is -0.459 e. The third-order valence-electron chi connectivity index (χ3n) is 4.55. The molecule has 21 heavy (non-hydrogen) atoms. The first-order chi connectivity index (χ1) is 10.2. The molecule has 3 N–H and O–H groups in total. The zero-order valence-corrected chi connectivity index (χ0v) is 12.8. The van der Waals surface area contributed by atoms with Gasteiger partial charge in [0.15, 0.2) is 0 Å². The Balaban J connectivity index is 2.00. The van der Waals surface area contributed by atoms with Crippen LogP contribution in [0.2, 0.25) is 0 Å². The van der Waals surface area contributed by atoms with Crippen LogP contribution in [0.4, 0.5) is 0 Å². The number of nitrogens with one attached hydrogen (secondary N) is 1. The molecule has 1 aliphatic carbocycles. The second kappa shape index (κ2) is 5.79. The van der Waals surface area contributed by atoms with Gasteiger partial charge in [0.2, 0.25) is 0 Å². The third kappa shape index (κ3) is 2.59. The van der Waals surface area contributed by atoms with E-state index in [1.807, 2.05) is 13.0 Å². The van der Waals surface area contributed by atoms with Crippen LogP contribution in [-0.4, -0.2) is 12.2 Å². The summed E-state index contributed by atoms with van der Waals surface area (Å²) in [5.74, 6) is 6.73. The molecule has 114 valence electrons. The third-order valence-corrected chi connectivity index (χ3v) is 4.55. The summed E-state index contributed by atoms with van der Waals surface area (Å²) >= 11 is 0. The van der Waals surface area contributed by atoms with Crippen LogP contribution in [0.25, 0.3) is 11.0 Å². The van der Waals surface area contributed by atoms with Gasteiger partial charge in [-0.15, -0.1) is 0 Å². The highest BCUT2D eigenvalue weighted by atomic mass is 16.5. The van der Waals surface area contributed by atoms with E-state index in [1.54, 1.807) is 0 Å². The monoisotopic (exact) mass is 288 g/mol. The maximum absolute atomic E-state index is 6.12. The molecule has 1 unspecified atom stereocenters. The summed E-state index contributed by atoms with van der Waals surface area (Å²) in [6.45, 7) is 4.82. The van der Waals surface area contributed by atoms with Gasteiger partial charge >= 0.3 is 0 Å². The Bertz CT molecular complexity index is 614. The van der Waals surface area contributed by atoms with E-state index in [2.05, 4.69) is 30.5 Å². The van der Waals surface area contributed by atoms with Gasteiger partial charge in [-0.1, -0.05) is 24.5 Å². The Labute approximate surface area is 125 Å². The predicted octanol–water partition coefficient (Wildman–Crippen LogP) is 3.59. The first-order valence-corrected chi connectivity index (χ1v) is 7.79. The van der Waals surface area contributed by atoms with Crippen LogP contribution < -0.4 is 11.3 Å². The molecule has 0 radical (unpaired) electrons. The van der Waals surface area contributed by atoms with Crippen molar-refractivity contribution in [3.05, 3.63) is 35.6 Å². The fraction of sp³-hybridized carbons (Fsp3) is 0.529. The lowest BCUT2D eigenvalue weighted by Crippen LogP contribution is -2.46. The lowest BCUT2D eigenvalue weighted by Gasteiger charge is -2.35. The Morgan fingerprint density at radius 3 is 2.76 bits per heavy atom. The van der Waals surface area contributed by atoms with Crippen LogP contribution in [0.3, 0.4) is 0 Å². The minimum absolute atomic E-state index is 0.104. The van der Waals surface area contributed by atoms with Crippen molar-refractivity contribution in [1.29, 1.82) is 0 Å². The Morgan fingerprint density at radius 2 is 2.10 bits per heavy atom. The molecule has 0 amide bonds. The fourth-order valence-corrected chi connectivity index (χ4v) is 3.60. The number of hydrogen-bond donors (Lipinski definition) is 2. The Hall–Kier alpha value is -1.36. The molecule has 1 heterocycles. The number of nitrogens with two attached hydrogens (primary N) is 1. The van der Waals surface area contributed by atoms with Crippen LogP contribution in [0.5, 0.6) is 0 Å². The number of hydrogen-bond acceptors (Lipinski definition) is 4. The molecule has 0 aliphatic heterocycles. The maximum Gasteiger partial charge on any atom is 0.134 e. The molecular formula is C17H24N2O2. The quantitative estimate of drug-likeness (QED) is 0.652. The van der Waals surface area contributed by atoms with E-state index in [9.17, 15) is 0 Å². The maximum atomic E-state index is 6.12. The molecule has 1 saturated carbocycles. The van der Waals surface area contributed by atoms with Gasteiger partial charge in [0, 0.05) is 12.0 Å². The lowest BCUT2D eigenvalue weighted by atomic mass is 9.90. The average Bonchev–Trinajstić information content (AvgIpc) is 3.07. The van der Waals surface area contributed by atoms with Gasteiger partial charge in [0.1, 0.15) is 17.4 Å². The van der Waals surface area contributed by atoms with Gasteiger partial charge in [-0.2, -0.15) is 0 Å². The molecule has 1 aromatic carbocycles. The van der Waals surface area contributed by atoms with Crippen molar-refractivity contribution in [3.8, 4) is 0 Å². The second-order valence-electron chi connectivity index (χ2n) is 5.99. The standard InChI is InChI=1S/C17H24N2O2/c1-3-20-17(8-4-5-9-17)16(19-18)15-11-13-10-12(2)6-7-14(13)21-15/h6-7,10-11,16,19H,3-5,8-9,18H2,1-2H3. The molecular weight excluding hydrogens is 264 g/mol. The number of hydrazine groups is 1. The zero-order chi connectivity index (χ0) is 14.9. The van der Waals surface area contributed by atoms with Gasteiger partial charge in [-0.3, -0.25) is 5.84 Å². The summed E-state index contributed by atoms with van der Waals surface area (Å²) in [4.78, 5) is 0. The molecule has 4 heteroatoms. The highest BCUT2D eigenvalue weighted by Crippen LogP contribution is 2.43. The van der Waals surface area contributed by atoms with Gasteiger partial charge in [-0.05, 0) is 44.9 Å². The van der Waals surface area contributed by atoms with Gasteiger partial charge < -0.3 is 9.15 Å². The SMILES string of the molecule is CCOC1(C(NN)c2cc3cc(C)ccc3o2)CCCC1. The molecule has 1 aliphatic rings. The number of aryl methyl sites for hydroxylation is 1. The summed E-state index contributed by atoms with van der Waals surface area (Å²) in [5.41, 5.74) is 4.83. The predicted molar refractivity (Wildman–Crippen MR) is 83.8 cm³/mol. The molecule has 1 fully saturated rings. The van der Waals surface area contributed by atoms with Crippen molar-refractivity contribution in [2.45, 2.75) is 51.2 Å². The van der Waals surface area contributed by atoms with Crippen molar-refractivity contribution in [2.24, 2.45) is 5.84 Å². The van der Waals surface area contributed by atoms with Gasteiger partial charge in [0.25, 0.3) is 0 Å². The molecule has 3 rings (SSSR count). The van der Waals surface area contributed by atoms with Gasteiger partial charge in [-0.25, -0.2) is 5.43 Å². The summed E-state index contributed by atoms with van der Waals surface area (Å²) in [7, 11) is 0. The first-order valence-electron chi connectivity index (χ1n) is 7.79. The number of benzene rings is 1. The van der Waals surface area contributed by atoms with Crippen molar-refractivity contribution in [3.63, 3.8) is 0 Å². The molecule has 0 spiro atoms. The number of fused-ring (bicyclic) bond motifs is 1. The fourth-order valence-electron chi connectivity index (χ4n) is 3.60. The van der Waals surface area contributed by atoms with E-state index < -0.39 is 0 Å². The molecule has 1 atom stereocenters. The van der Waals surface area contributed by atoms with Crippen molar-refractivity contribution in [2.75, 3.05) is 6.61 Å².